The summed E-state index contributed by atoms with van der Waals surface area (Å²) >= 11 is 3.90. The lowest BCUT2D eigenvalue weighted by Gasteiger charge is -2.28. The zero-order chi connectivity index (χ0) is 27.9. The van der Waals surface area contributed by atoms with Crippen molar-refractivity contribution < 1.29 is 10.2 Å². The number of aromatic hydroxyl groups is 2. The van der Waals surface area contributed by atoms with Gasteiger partial charge < -0.3 is 10.2 Å². The van der Waals surface area contributed by atoms with E-state index in [9.17, 15) is 10.2 Å². The quantitative estimate of drug-likeness (QED) is 0.365. The summed E-state index contributed by atoms with van der Waals surface area (Å²) < 4.78 is 0.417. The Bertz CT molecular complexity index is 902. The van der Waals surface area contributed by atoms with Gasteiger partial charge in [-0.15, -0.1) is 23.5 Å². The van der Waals surface area contributed by atoms with Gasteiger partial charge in [-0.1, -0.05) is 107 Å². The minimum atomic E-state index is -0.112. The first-order valence-electron chi connectivity index (χ1n) is 13.1. The number of hydrogen-bond donors (Lipinski definition) is 2. The summed E-state index contributed by atoms with van der Waals surface area (Å²) in [7, 11) is 0. The minimum Gasteiger partial charge on any atom is -0.507 e. The van der Waals surface area contributed by atoms with Crippen molar-refractivity contribution in [2.24, 2.45) is 0 Å². The maximum atomic E-state index is 11.0. The first-order valence-corrected chi connectivity index (χ1v) is 15.2. The Balaban J connectivity index is 2.23. The van der Waals surface area contributed by atoms with Crippen LogP contribution in [0.2, 0.25) is 0 Å². The van der Waals surface area contributed by atoms with Crippen molar-refractivity contribution in [3.8, 4) is 11.5 Å². The number of benzene rings is 2. The van der Waals surface area contributed by atoms with Gasteiger partial charge in [-0.2, -0.15) is 0 Å². The van der Waals surface area contributed by atoms with Crippen LogP contribution in [-0.4, -0.2) is 14.8 Å². The fraction of sp³-hybridized carbons (Fsp3) is 0.625. The lowest BCUT2D eigenvalue weighted by atomic mass is 9.78. The van der Waals surface area contributed by atoms with Gasteiger partial charge in [0.25, 0.3) is 0 Å². The van der Waals surface area contributed by atoms with E-state index in [1.165, 1.54) is 11.1 Å². The molecular weight excluding hydrogens is 480 g/mol. The summed E-state index contributed by atoms with van der Waals surface area (Å²) in [6, 6.07) is 8.78. The monoisotopic (exact) mass is 530 g/mol. The van der Waals surface area contributed by atoms with Gasteiger partial charge in [0.05, 0.1) is 0 Å². The van der Waals surface area contributed by atoms with Gasteiger partial charge in [-0.25, -0.2) is 0 Å². The summed E-state index contributed by atoms with van der Waals surface area (Å²) in [5.74, 6) is 2.72. The second-order valence-corrected chi connectivity index (χ2v) is 17.2. The number of rotatable bonds is 6. The third-order valence-corrected chi connectivity index (χ3v) is 9.30. The zero-order valence-corrected chi connectivity index (χ0v) is 26.6. The Hall–Kier alpha value is -1.26. The molecule has 0 aliphatic carbocycles. The van der Waals surface area contributed by atoms with Crippen LogP contribution >= 0.6 is 23.5 Å². The van der Waals surface area contributed by atoms with E-state index in [0.717, 1.165) is 33.8 Å². The molecule has 202 valence electrons. The van der Waals surface area contributed by atoms with Crippen LogP contribution in [0.4, 0.5) is 0 Å². The Labute approximate surface area is 230 Å². The first kappa shape index (κ1) is 31.0. The van der Waals surface area contributed by atoms with Gasteiger partial charge >= 0.3 is 0 Å². The van der Waals surface area contributed by atoms with Crippen molar-refractivity contribution in [3.63, 3.8) is 0 Å². The molecule has 0 aliphatic heterocycles. The summed E-state index contributed by atoms with van der Waals surface area (Å²) in [4.78, 5) is 0. The highest BCUT2D eigenvalue weighted by molar-refractivity contribution is 8.16. The van der Waals surface area contributed by atoms with Crippen LogP contribution in [-0.2, 0) is 33.2 Å². The van der Waals surface area contributed by atoms with E-state index in [2.05, 4.69) is 114 Å². The molecule has 0 radical (unpaired) electrons. The van der Waals surface area contributed by atoms with Crippen molar-refractivity contribution in [2.45, 2.75) is 128 Å². The van der Waals surface area contributed by atoms with E-state index in [1.54, 1.807) is 0 Å². The average molecular weight is 531 g/mol. The molecule has 0 saturated heterocycles. The van der Waals surface area contributed by atoms with Crippen LogP contribution in [0.15, 0.2) is 24.3 Å². The SMILES string of the molecule is CC(SCc1cc(C(C)(C)C)c(O)c(C(C)(C)C)c1)SCc1cc(C(C)(C)C)c(O)c(C(C)(C)C)c1. The van der Waals surface area contributed by atoms with Gasteiger partial charge in [-0.05, 0) is 62.0 Å². The molecule has 36 heavy (non-hydrogen) atoms. The molecule has 2 N–H and O–H groups in total. The van der Waals surface area contributed by atoms with Crippen LogP contribution in [0, 0.1) is 0 Å². The minimum absolute atomic E-state index is 0.112. The van der Waals surface area contributed by atoms with Crippen molar-refractivity contribution >= 4 is 23.5 Å². The third kappa shape index (κ3) is 7.87. The molecule has 0 atom stereocenters. The van der Waals surface area contributed by atoms with Crippen LogP contribution in [0.5, 0.6) is 11.5 Å². The molecule has 2 aromatic rings. The second-order valence-electron chi connectivity index (χ2n) is 14.3. The van der Waals surface area contributed by atoms with Gasteiger partial charge in [0.2, 0.25) is 0 Å². The summed E-state index contributed by atoms with van der Waals surface area (Å²) in [6.45, 7) is 28.3. The normalized spacial score (nSPS) is 13.5. The predicted octanol–water partition coefficient (Wildman–Crippen LogP) is 9.80. The highest BCUT2D eigenvalue weighted by Crippen LogP contribution is 2.43. The summed E-state index contributed by atoms with van der Waals surface area (Å²) in [6.07, 6.45) is 0. The maximum Gasteiger partial charge on any atom is 0.123 e. The Morgan fingerprint density at radius 1 is 0.528 bits per heavy atom. The van der Waals surface area contributed by atoms with E-state index < -0.39 is 0 Å². The number of phenolic OH excluding ortho intramolecular Hbond substituents is 2. The molecule has 4 heteroatoms. The predicted molar refractivity (Wildman–Crippen MR) is 163 cm³/mol. The van der Waals surface area contributed by atoms with E-state index in [0.29, 0.717) is 16.1 Å². The molecule has 0 aliphatic rings. The first-order chi connectivity index (χ1) is 16.1. The molecule has 0 heterocycles. The Kier molecular flexibility index (Phi) is 9.33. The molecule has 0 saturated carbocycles. The van der Waals surface area contributed by atoms with Gasteiger partial charge in [0.1, 0.15) is 11.5 Å². The van der Waals surface area contributed by atoms with E-state index in [4.69, 9.17) is 0 Å². The molecule has 0 spiro atoms. The maximum absolute atomic E-state index is 11.0. The molecule has 2 rings (SSSR count). The van der Waals surface area contributed by atoms with E-state index >= 15 is 0 Å². The third-order valence-electron chi connectivity index (χ3n) is 6.54. The lowest BCUT2D eigenvalue weighted by molar-refractivity contribution is 0.422. The van der Waals surface area contributed by atoms with Crippen molar-refractivity contribution in [1.29, 1.82) is 0 Å². The highest BCUT2D eigenvalue weighted by Gasteiger charge is 2.28. The highest BCUT2D eigenvalue weighted by atomic mass is 32.2. The van der Waals surface area contributed by atoms with Gasteiger partial charge in [0.15, 0.2) is 0 Å². The molecule has 0 unspecified atom stereocenters. The second kappa shape index (κ2) is 10.8. The van der Waals surface area contributed by atoms with Gasteiger partial charge in [0, 0.05) is 16.1 Å². The largest absolute Gasteiger partial charge is 0.507 e. The van der Waals surface area contributed by atoms with Crippen molar-refractivity contribution in [3.05, 3.63) is 57.6 Å². The molecule has 0 aromatic heterocycles. The lowest BCUT2D eigenvalue weighted by Crippen LogP contribution is -2.18. The molecule has 0 bridgehead atoms. The van der Waals surface area contributed by atoms with Crippen LogP contribution in [0.25, 0.3) is 0 Å². The topological polar surface area (TPSA) is 40.5 Å². The van der Waals surface area contributed by atoms with Crippen molar-refractivity contribution in [2.75, 3.05) is 0 Å². The van der Waals surface area contributed by atoms with E-state index in [-0.39, 0.29) is 21.7 Å². The van der Waals surface area contributed by atoms with Crippen LogP contribution < -0.4 is 0 Å². The van der Waals surface area contributed by atoms with E-state index in [1.807, 2.05) is 23.5 Å². The summed E-state index contributed by atoms with van der Waals surface area (Å²) in [5.41, 5.74) is 6.21. The number of thioether (sulfide) groups is 2. The number of hydrogen-bond acceptors (Lipinski definition) is 4. The fourth-order valence-electron chi connectivity index (χ4n) is 4.32. The summed E-state index contributed by atoms with van der Waals surface area (Å²) in [5, 5.41) is 22.0. The molecule has 2 nitrogen and oxygen atoms in total. The van der Waals surface area contributed by atoms with Crippen molar-refractivity contribution in [1.82, 2.24) is 0 Å². The fourth-order valence-corrected chi connectivity index (χ4v) is 6.30. The van der Waals surface area contributed by atoms with Crippen LogP contribution in [0.1, 0.15) is 123 Å². The zero-order valence-electron chi connectivity index (χ0n) is 25.0. The average Bonchev–Trinajstić information content (AvgIpc) is 2.68. The Morgan fingerprint density at radius 3 is 0.944 bits per heavy atom. The molecule has 0 fully saturated rings. The molecular formula is C32H50O2S2. The van der Waals surface area contributed by atoms with Gasteiger partial charge in [-0.3, -0.25) is 0 Å². The number of phenols is 2. The standard InChI is InChI=1S/C32H50O2S2/c1-20(35-18-21-14-23(29(2,3)4)27(33)24(15-21)30(5,6)7)36-19-22-16-25(31(8,9)10)28(34)26(17-22)32(11,12)13/h14-17,20,33-34H,18-19H2,1-13H3. The van der Waals surface area contributed by atoms with Crippen LogP contribution in [0.3, 0.4) is 0 Å². The molecule has 2 aromatic carbocycles. The Morgan fingerprint density at radius 2 is 0.750 bits per heavy atom. The molecule has 0 amide bonds. The smallest absolute Gasteiger partial charge is 0.123 e.